The van der Waals surface area contributed by atoms with Crippen LogP contribution in [0.15, 0.2) is 48.8 Å². The molecule has 2 amide bonds. The molecule has 0 saturated carbocycles. The Hall–Kier alpha value is -4.36. The predicted octanol–water partition coefficient (Wildman–Crippen LogP) is 3.80. The van der Waals surface area contributed by atoms with Crippen molar-refractivity contribution in [1.82, 2.24) is 41.2 Å². The third kappa shape index (κ3) is 7.53. The van der Waals surface area contributed by atoms with Crippen LogP contribution in [0.5, 0.6) is 11.8 Å². The number of hydrogen-bond donors (Lipinski definition) is 4. The number of benzene rings is 2. The lowest BCUT2D eigenvalue weighted by atomic mass is 9.98. The van der Waals surface area contributed by atoms with Gasteiger partial charge in [-0.25, -0.2) is 9.97 Å². The summed E-state index contributed by atoms with van der Waals surface area (Å²) in [5.41, 5.74) is 4.96. The minimum Gasteiger partial charge on any atom is -0.480 e. The molecule has 12 nitrogen and oxygen atoms in total. The molecule has 1 aliphatic rings. The molecule has 0 spiro atoms. The number of methoxy groups -OCH3 is 2. The molecule has 1 fully saturated rings. The number of carbonyl (C=O) groups is 2. The first-order chi connectivity index (χ1) is 22.3. The van der Waals surface area contributed by atoms with Gasteiger partial charge in [-0.3, -0.25) is 19.6 Å². The van der Waals surface area contributed by atoms with Crippen LogP contribution in [-0.4, -0.2) is 72.1 Å². The van der Waals surface area contributed by atoms with Crippen molar-refractivity contribution in [1.29, 1.82) is 0 Å². The topological polar surface area (TPSA) is 152 Å². The van der Waals surface area contributed by atoms with E-state index in [0.717, 1.165) is 6.42 Å². The average Bonchev–Trinajstić information content (AvgIpc) is 3.49. The maximum absolute atomic E-state index is 11.5. The van der Waals surface area contributed by atoms with E-state index < -0.39 is 0 Å². The number of amides is 2. The molecule has 1 atom stereocenters. The Morgan fingerprint density at radius 3 is 1.87 bits per heavy atom. The maximum Gasteiger partial charge on any atom is 0.237 e. The van der Waals surface area contributed by atoms with E-state index in [2.05, 4.69) is 36.2 Å². The number of rotatable bonds is 13. The van der Waals surface area contributed by atoms with Gasteiger partial charge in [0.25, 0.3) is 0 Å². The van der Waals surface area contributed by atoms with E-state index in [1.807, 2.05) is 36.4 Å². The summed E-state index contributed by atoms with van der Waals surface area (Å²) in [5.74, 6) is 0.633. The van der Waals surface area contributed by atoms with Crippen LogP contribution in [0, 0.1) is 0 Å². The molecule has 14 heteroatoms. The standard InChI is InChI=1S/C32H34Cl2N8O4/c1-35-28(44)17-37-14-26-32(46-3)42-24(16-39-26)22-9-5-7-20(30(22)34)19-6-4-8-21(29(19)33)23-15-38-25(31(41-23)45-2)13-36-12-18-10-11-27(43)40-18/h4-9,15-16,18,36-37H,10-14,17H2,1-3H3,(H,35,44)(H,40,43)/t18-/m0/s1. The number of nitrogens with one attached hydrogen (secondary N) is 4. The second-order valence-corrected chi connectivity index (χ2v) is 11.2. The predicted molar refractivity (Wildman–Crippen MR) is 176 cm³/mol. The molecule has 0 unspecified atom stereocenters. The highest BCUT2D eigenvalue weighted by molar-refractivity contribution is 6.39. The molecule has 5 rings (SSSR count). The van der Waals surface area contributed by atoms with Crippen LogP contribution in [0.4, 0.5) is 0 Å². The lowest BCUT2D eigenvalue weighted by Crippen LogP contribution is -2.35. The smallest absolute Gasteiger partial charge is 0.237 e. The zero-order valence-corrected chi connectivity index (χ0v) is 27.1. The second kappa shape index (κ2) is 15.3. The molecule has 4 N–H and O–H groups in total. The normalized spacial score (nSPS) is 14.2. The van der Waals surface area contributed by atoms with E-state index in [1.165, 1.54) is 7.11 Å². The van der Waals surface area contributed by atoms with E-state index in [4.69, 9.17) is 37.7 Å². The van der Waals surface area contributed by atoms with Crippen LogP contribution in [-0.2, 0) is 22.7 Å². The fraction of sp³-hybridized carbons (Fsp3) is 0.312. The first kappa shape index (κ1) is 33.0. The Kier molecular flexibility index (Phi) is 11.0. The third-order valence-electron chi connectivity index (χ3n) is 7.47. The van der Waals surface area contributed by atoms with Crippen molar-refractivity contribution in [2.24, 2.45) is 0 Å². The lowest BCUT2D eigenvalue weighted by Gasteiger charge is -2.15. The first-order valence-electron chi connectivity index (χ1n) is 14.6. The van der Waals surface area contributed by atoms with Gasteiger partial charge in [0.1, 0.15) is 11.4 Å². The van der Waals surface area contributed by atoms with Gasteiger partial charge < -0.3 is 30.7 Å². The number of aromatic nitrogens is 4. The Labute approximate surface area is 276 Å². The summed E-state index contributed by atoms with van der Waals surface area (Å²) in [4.78, 5) is 41.5. The lowest BCUT2D eigenvalue weighted by molar-refractivity contribution is -0.120. The molecular weight excluding hydrogens is 631 g/mol. The van der Waals surface area contributed by atoms with Crippen LogP contribution in [0.25, 0.3) is 33.6 Å². The van der Waals surface area contributed by atoms with Crippen molar-refractivity contribution >= 4 is 35.0 Å². The Morgan fingerprint density at radius 2 is 1.39 bits per heavy atom. The number of carbonyl (C=O) groups excluding carboxylic acids is 2. The van der Waals surface area contributed by atoms with Gasteiger partial charge in [-0.2, -0.15) is 0 Å². The zero-order valence-electron chi connectivity index (χ0n) is 25.6. The van der Waals surface area contributed by atoms with E-state index in [-0.39, 0.29) is 24.4 Å². The summed E-state index contributed by atoms with van der Waals surface area (Å²) in [5, 5.41) is 12.7. The summed E-state index contributed by atoms with van der Waals surface area (Å²) in [6.45, 7) is 1.50. The molecule has 0 bridgehead atoms. The van der Waals surface area contributed by atoms with Crippen molar-refractivity contribution < 1.29 is 19.1 Å². The summed E-state index contributed by atoms with van der Waals surface area (Å²) in [6, 6.07) is 11.3. The van der Waals surface area contributed by atoms with Gasteiger partial charge in [0.15, 0.2) is 0 Å². The number of nitrogens with zero attached hydrogens (tertiary/aromatic N) is 4. The van der Waals surface area contributed by atoms with E-state index in [0.29, 0.717) is 92.9 Å². The molecule has 0 aliphatic carbocycles. The Balaban J connectivity index is 1.38. The third-order valence-corrected chi connectivity index (χ3v) is 8.29. The number of halogens is 2. The van der Waals surface area contributed by atoms with Gasteiger partial charge in [-0.05, 0) is 6.42 Å². The molecule has 1 aliphatic heterocycles. The molecule has 2 aromatic carbocycles. The fourth-order valence-electron chi connectivity index (χ4n) is 5.08. The monoisotopic (exact) mass is 664 g/mol. The van der Waals surface area contributed by atoms with Crippen molar-refractivity contribution in [2.45, 2.75) is 32.0 Å². The van der Waals surface area contributed by atoms with Crippen molar-refractivity contribution in [3.05, 3.63) is 70.2 Å². The summed E-state index contributed by atoms with van der Waals surface area (Å²) in [6.07, 6.45) is 4.63. The Bertz CT molecular complexity index is 1740. The molecule has 4 aromatic rings. The number of hydrogen-bond acceptors (Lipinski definition) is 10. The molecule has 2 aromatic heterocycles. The molecule has 3 heterocycles. The van der Waals surface area contributed by atoms with Crippen molar-refractivity contribution in [3.8, 4) is 45.4 Å². The number of ether oxygens (including phenoxy) is 2. The fourth-order valence-corrected chi connectivity index (χ4v) is 5.73. The number of likely N-dealkylation sites (N-methyl/N-ethyl adjacent to an activating group) is 1. The first-order valence-corrected chi connectivity index (χ1v) is 15.4. The molecule has 1 saturated heterocycles. The SMILES string of the molecule is CNC(=O)CNCc1ncc(-c2cccc(-c3cccc(-c4cnc(CNC[C@@H]5CCC(=O)N5)c(OC)n4)c3Cl)c2Cl)nc1OC. The average molecular weight is 666 g/mol. The van der Waals surface area contributed by atoms with E-state index in [9.17, 15) is 9.59 Å². The van der Waals surface area contributed by atoms with Gasteiger partial charge in [-0.1, -0.05) is 59.6 Å². The quantitative estimate of drug-likeness (QED) is 0.166. The zero-order chi connectivity index (χ0) is 32.6. The molecule has 0 radical (unpaired) electrons. The highest BCUT2D eigenvalue weighted by atomic mass is 35.5. The molecular formula is C32H34Cl2N8O4. The van der Waals surface area contributed by atoms with Gasteiger partial charge in [0, 0.05) is 61.4 Å². The van der Waals surface area contributed by atoms with Crippen molar-refractivity contribution in [2.75, 3.05) is 34.4 Å². The van der Waals surface area contributed by atoms with Crippen LogP contribution >= 0.6 is 23.2 Å². The highest BCUT2D eigenvalue weighted by Crippen LogP contribution is 2.42. The molecule has 240 valence electrons. The van der Waals surface area contributed by atoms with Crippen LogP contribution < -0.4 is 30.7 Å². The maximum atomic E-state index is 11.5. The van der Waals surface area contributed by atoms with Gasteiger partial charge in [0.2, 0.25) is 23.6 Å². The van der Waals surface area contributed by atoms with E-state index in [1.54, 1.807) is 26.6 Å². The second-order valence-electron chi connectivity index (χ2n) is 10.5. The van der Waals surface area contributed by atoms with Crippen LogP contribution in [0.3, 0.4) is 0 Å². The van der Waals surface area contributed by atoms with Gasteiger partial charge >= 0.3 is 0 Å². The van der Waals surface area contributed by atoms with Gasteiger partial charge in [0.05, 0.1) is 54.6 Å². The molecule has 46 heavy (non-hydrogen) atoms. The van der Waals surface area contributed by atoms with Crippen molar-refractivity contribution in [3.63, 3.8) is 0 Å². The summed E-state index contributed by atoms with van der Waals surface area (Å²) >= 11 is 14.0. The summed E-state index contributed by atoms with van der Waals surface area (Å²) in [7, 11) is 4.63. The van der Waals surface area contributed by atoms with Crippen LogP contribution in [0.1, 0.15) is 24.2 Å². The minimum absolute atomic E-state index is 0.0771. The minimum atomic E-state index is -0.140. The van der Waals surface area contributed by atoms with Gasteiger partial charge in [-0.15, -0.1) is 0 Å². The summed E-state index contributed by atoms with van der Waals surface area (Å²) < 4.78 is 11.0. The Morgan fingerprint density at radius 1 is 0.870 bits per heavy atom. The van der Waals surface area contributed by atoms with Crippen LogP contribution in [0.2, 0.25) is 10.0 Å². The van der Waals surface area contributed by atoms with E-state index >= 15 is 0 Å². The largest absolute Gasteiger partial charge is 0.480 e. The highest BCUT2D eigenvalue weighted by Gasteiger charge is 2.21.